The molecule has 1 aromatic carbocycles. The van der Waals surface area contributed by atoms with E-state index in [-0.39, 0.29) is 0 Å². The van der Waals surface area contributed by atoms with Gasteiger partial charge in [-0.15, -0.1) is 0 Å². The molecule has 0 spiro atoms. The molecule has 3 N–H and O–H groups in total. The average molecular weight is 307 g/mol. The molecule has 106 valence electrons. The Balaban J connectivity index is 2.34. The van der Waals surface area contributed by atoms with Crippen molar-refractivity contribution in [1.29, 1.82) is 0 Å². The van der Waals surface area contributed by atoms with E-state index in [9.17, 15) is 4.21 Å². The number of nitrogens with one attached hydrogen (secondary N) is 1. The van der Waals surface area contributed by atoms with Crippen molar-refractivity contribution in [3.63, 3.8) is 0 Å². The Kier molecular flexibility index (Phi) is 5.03. The standard InChI is InChI=1S/C14H17N3OS2/c1-2-20(18)8-7-16-13-10-5-3-4-6-12(10)17-9-11(13)14(15)19/h3-6,9H,2,7-8H2,1H3,(H2,15,19)(H,16,17). The van der Waals surface area contributed by atoms with E-state index in [1.165, 1.54) is 0 Å². The third-order valence-electron chi connectivity index (χ3n) is 2.99. The highest BCUT2D eigenvalue weighted by Crippen LogP contribution is 2.25. The van der Waals surface area contributed by atoms with Gasteiger partial charge < -0.3 is 11.1 Å². The second kappa shape index (κ2) is 6.76. The fraction of sp³-hybridized carbons (Fsp3) is 0.286. The molecule has 0 saturated carbocycles. The quantitative estimate of drug-likeness (QED) is 0.800. The number of hydrogen-bond acceptors (Lipinski definition) is 4. The summed E-state index contributed by atoms with van der Waals surface area (Å²) in [4.78, 5) is 4.66. The van der Waals surface area contributed by atoms with Crippen LogP contribution in [0.1, 0.15) is 12.5 Å². The van der Waals surface area contributed by atoms with Gasteiger partial charge in [0, 0.05) is 40.4 Å². The van der Waals surface area contributed by atoms with Gasteiger partial charge >= 0.3 is 0 Å². The molecule has 0 aliphatic carbocycles. The van der Waals surface area contributed by atoms with E-state index < -0.39 is 10.8 Å². The predicted octanol–water partition coefficient (Wildman–Crippen LogP) is 2.05. The highest BCUT2D eigenvalue weighted by Gasteiger charge is 2.10. The lowest BCUT2D eigenvalue weighted by Crippen LogP contribution is -2.17. The normalized spacial score (nSPS) is 12.2. The Morgan fingerprint density at radius 1 is 1.45 bits per heavy atom. The molecule has 0 aliphatic heterocycles. The summed E-state index contributed by atoms with van der Waals surface area (Å²) in [5, 5.41) is 4.27. The summed E-state index contributed by atoms with van der Waals surface area (Å²) in [7, 11) is -0.794. The molecule has 0 bridgehead atoms. The van der Waals surface area contributed by atoms with Crippen molar-refractivity contribution >= 4 is 44.6 Å². The van der Waals surface area contributed by atoms with Crippen LogP contribution in [0.4, 0.5) is 5.69 Å². The first-order valence-electron chi connectivity index (χ1n) is 6.40. The molecule has 1 aromatic heterocycles. The molecule has 0 amide bonds. The Morgan fingerprint density at radius 3 is 2.90 bits per heavy atom. The molecular formula is C14H17N3OS2. The number of hydrogen-bond donors (Lipinski definition) is 2. The number of nitrogens with zero attached hydrogens (tertiary/aromatic N) is 1. The van der Waals surface area contributed by atoms with Crippen LogP contribution in [0, 0.1) is 0 Å². The van der Waals surface area contributed by atoms with Crippen LogP contribution < -0.4 is 11.1 Å². The number of anilines is 1. The number of benzene rings is 1. The highest BCUT2D eigenvalue weighted by atomic mass is 32.2. The highest BCUT2D eigenvalue weighted by molar-refractivity contribution is 7.84. The van der Waals surface area contributed by atoms with Crippen molar-refractivity contribution in [3.05, 3.63) is 36.0 Å². The third-order valence-corrected chi connectivity index (χ3v) is 4.52. The first kappa shape index (κ1) is 14.9. The summed E-state index contributed by atoms with van der Waals surface area (Å²) in [6.07, 6.45) is 1.68. The van der Waals surface area contributed by atoms with Gasteiger partial charge in [0.25, 0.3) is 0 Å². The molecule has 1 heterocycles. The summed E-state index contributed by atoms with van der Waals surface area (Å²) in [6, 6.07) is 7.80. The van der Waals surface area contributed by atoms with E-state index in [0.717, 1.165) is 22.2 Å². The number of pyridine rings is 1. The molecule has 0 fully saturated rings. The minimum atomic E-state index is -0.794. The molecule has 1 unspecified atom stereocenters. The van der Waals surface area contributed by atoms with Crippen molar-refractivity contribution in [2.24, 2.45) is 5.73 Å². The van der Waals surface area contributed by atoms with Crippen LogP contribution in [0.5, 0.6) is 0 Å². The van der Waals surface area contributed by atoms with E-state index in [4.69, 9.17) is 18.0 Å². The minimum absolute atomic E-state index is 0.308. The molecule has 4 nitrogen and oxygen atoms in total. The van der Waals surface area contributed by atoms with E-state index in [2.05, 4.69) is 10.3 Å². The Morgan fingerprint density at radius 2 is 2.20 bits per heavy atom. The summed E-state index contributed by atoms with van der Waals surface area (Å²) < 4.78 is 11.5. The molecule has 0 saturated heterocycles. The van der Waals surface area contributed by atoms with E-state index in [1.54, 1.807) is 6.20 Å². The smallest absolute Gasteiger partial charge is 0.107 e. The van der Waals surface area contributed by atoms with Crippen LogP contribution in [-0.4, -0.2) is 32.2 Å². The number of rotatable bonds is 6. The second-order valence-electron chi connectivity index (χ2n) is 4.29. The van der Waals surface area contributed by atoms with Gasteiger partial charge in [-0.1, -0.05) is 37.3 Å². The zero-order chi connectivity index (χ0) is 14.5. The first-order valence-corrected chi connectivity index (χ1v) is 8.29. The topological polar surface area (TPSA) is 68.0 Å². The summed E-state index contributed by atoms with van der Waals surface area (Å²) in [5.41, 5.74) is 8.23. The zero-order valence-electron chi connectivity index (χ0n) is 11.3. The van der Waals surface area contributed by atoms with Gasteiger partial charge in [-0.3, -0.25) is 9.19 Å². The molecule has 20 heavy (non-hydrogen) atoms. The summed E-state index contributed by atoms with van der Waals surface area (Å²) in [6.45, 7) is 2.53. The van der Waals surface area contributed by atoms with Crippen LogP contribution in [0.15, 0.2) is 30.5 Å². The SMILES string of the molecule is CCS(=O)CCNc1c(C(N)=S)cnc2ccccc12. The number of fused-ring (bicyclic) bond motifs is 1. The van der Waals surface area contributed by atoms with Crippen LogP contribution in [0.25, 0.3) is 10.9 Å². The van der Waals surface area contributed by atoms with Gasteiger partial charge in [-0.25, -0.2) is 0 Å². The molecule has 0 radical (unpaired) electrons. The maximum atomic E-state index is 11.5. The predicted molar refractivity (Wildman–Crippen MR) is 89.7 cm³/mol. The Labute approximate surface area is 126 Å². The molecule has 0 aliphatic rings. The summed E-state index contributed by atoms with van der Waals surface area (Å²) in [5.74, 6) is 1.27. The largest absolute Gasteiger partial charge is 0.389 e. The maximum absolute atomic E-state index is 11.5. The van der Waals surface area contributed by atoms with Gasteiger partial charge in [0.2, 0.25) is 0 Å². The zero-order valence-corrected chi connectivity index (χ0v) is 12.9. The van der Waals surface area contributed by atoms with Gasteiger partial charge in [0.15, 0.2) is 0 Å². The van der Waals surface area contributed by atoms with Crippen molar-refractivity contribution in [2.45, 2.75) is 6.92 Å². The van der Waals surface area contributed by atoms with Crippen molar-refractivity contribution in [1.82, 2.24) is 4.98 Å². The number of thiocarbonyl (C=S) groups is 1. The van der Waals surface area contributed by atoms with Crippen LogP contribution in [0.2, 0.25) is 0 Å². The number of para-hydroxylation sites is 1. The van der Waals surface area contributed by atoms with Crippen LogP contribution in [-0.2, 0) is 10.8 Å². The van der Waals surface area contributed by atoms with E-state index in [0.29, 0.717) is 23.0 Å². The van der Waals surface area contributed by atoms with Crippen molar-refractivity contribution < 1.29 is 4.21 Å². The lowest BCUT2D eigenvalue weighted by Gasteiger charge is -2.13. The van der Waals surface area contributed by atoms with Gasteiger partial charge in [0.05, 0.1) is 16.8 Å². The Bertz CT molecular complexity index is 658. The molecular weight excluding hydrogens is 290 g/mol. The van der Waals surface area contributed by atoms with E-state index in [1.807, 2.05) is 31.2 Å². The van der Waals surface area contributed by atoms with Gasteiger partial charge in [-0.05, 0) is 6.07 Å². The monoisotopic (exact) mass is 307 g/mol. The molecule has 2 aromatic rings. The molecule has 6 heteroatoms. The van der Waals surface area contributed by atoms with Crippen molar-refractivity contribution in [3.8, 4) is 0 Å². The van der Waals surface area contributed by atoms with Gasteiger partial charge in [0.1, 0.15) is 4.99 Å². The Hall–Kier alpha value is -1.53. The summed E-state index contributed by atoms with van der Waals surface area (Å²) >= 11 is 5.08. The fourth-order valence-electron chi connectivity index (χ4n) is 1.95. The lowest BCUT2D eigenvalue weighted by molar-refractivity contribution is 0.684. The van der Waals surface area contributed by atoms with E-state index >= 15 is 0 Å². The number of aromatic nitrogens is 1. The van der Waals surface area contributed by atoms with Crippen molar-refractivity contribution in [2.75, 3.05) is 23.4 Å². The lowest BCUT2D eigenvalue weighted by atomic mass is 10.1. The molecule has 1 atom stereocenters. The van der Waals surface area contributed by atoms with Crippen LogP contribution >= 0.6 is 12.2 Å². The molecule has 2 rings (SSSR count). The maximum Gasteiger partial charge on any atom is 0.107 e. The third kappa shape index (κ3) is 3.32. The first-order chi connectivity index (χ1) is 9.63. The average Bonchev–Trinajstić information content (AvgIpc) is 2.46. The number of nitrogens with two attached hydrogens (primary N) is 1. The minimum Gasteiger partial charge on any atom is -0.389 e. The van der Waals surface area contributed by atoms with Crippen LogP contribution in [0.3, 0.4) is 0 Å². The second-order valence-corrected chi connectivity index (χ2v) is 6.59. The van der Waals surface area contributed by atoms with Gasteiger partial charge in [-0.2, -0.15) is 0 Å². The fourth-order valence-corrected chi connectivity index (χ4v) is 2.73.